The van der Waals surface area contributed by atoms with Gasteiger partial charge in [-0.2, -0.15) is 0 Å². The van der Waals surface area contributed by atoms with Crippen LogP contribution in [-0.4, -0.2) is 26.1 Å². The molecule has 1 unspecified atom stereocenters. The molecule has 4 nitrogen and oxygen atoms in total. The maximum Gasteiger partial charge on any atom is 0.133 e. The quantitative estimate of drug-likeness (QED) is 0.496. The van der Waals surface area contributed by atoms with Crippen molar-refractivity contribution >= 4 is 15.9 Å². The smallest absolute Gasteiger partial charge is 0.133 e. The molecular formula is C10H16BrN3O. The maximum atomic E-state index is 5.49. The van der Waals surface area contributed by atoms with Gasteiger partial charge in [0.05, 0.1) is 17.7 Å². The van der Waals surface area contributed by atoms with Gasteiger partial charge in [-0.1, -0.05) is 6.07 Å². The van der Waals surface area contributed by atoms with E-state index in [1.165, 1.54) is 0 Å². The molecule has 1 aromatic carbocycles. The van der Waals surface area contributed by atoms with Gasteiger partial charge in [0.15, 0.2) is 0 Å². The minimum Gasteiger partial charge on any atom is -0.496 e. The molecule has 1 atom stereocenters. The molecule has 84 valence electrons. The van der Waals surface area contributed by atoms with Crippen LogP contribution in [0.2, 0.25) is 0 Å². The van der Waals surface area contributed by atoms with E-state index >= 15 is 0 Å². The van der Waals surface area contributed by atoms with E-state index in [1.807, 2.05) is 37.2 Å². The Labute approximate surface area is 98.5 Å². The number of nitrogens with one attached hydrogen (secondary N) is 1. The summed E-state index contributed by atoms with van der Waals surface area (Å²) in [6.07, 6.45) is -0.00722. The molecule has 0 aliphatic carbocycles. The Bertz CT molecular complexity index is 330. The normalized spacial score (nSPS) is 12.9. The van der Waals surface area contributed by atoms with Crippen molar-refractivity contribution in [2.24, 2.45) is 5.84 Å². The zero-order valence-corrected chi connectivity index (χ0v) is 10.7. The molecule has 0 heterocycles. The summed E-state index contributed by atoms with van der Waals surface area (Å²) in [5.74, 6) is 6.30. The van der Waals surface area contributed by atoms with Crippen LogP contribution >= 0.6 is 15.9 Å². The van der Waals surface area contributed by atoms with Crippen LogP contribution in [0.15, 0.2) is 22.7 Å². The summed E-state index contributed by atoms with van der Waals surface area (Å²) in [6, 6.07) is 5.88. The van der Waals surface area contributed by atoms with Crippen LogP contribution in [0.25, 0.3) is 0 Å². The Morgan fingerprint density at radius 1 is 1.47 bits per heavy atom. The van der Waals surface area contributed by atoms with Crippen LogP contribution in [0.5, 0.6) is 5.75 Å². The van der Waals surface area contributed by atoms with E-state index in [9.17, 15) is 0 Å². The van der Waals surface area contributed by atoms with Gasteiger partial charge in [0.1, 0.15) is 5.75 Å². The number of benzene rings is 1. The van der Waals surface area contributed by atoms with Crippen molar-refractivity contribution in [3.05, 3.63) is 28.2 Å². The number of ether oxygens (including phenoxy) is 1. The largest absolute Gasteiger partial charge is 0.496 e. The monoisotopic (exact) mass is 273 g/mol. The lowest BCUT2D eigenvalue weighted by Crippen LogP contribution is -2.37. The molecule has 0 spiro atoms. The predicted octanol–water partition coefficient (Wildman–Crippen LogP) is 1.48. The summed E-state index contributed by atoms with van der Waals surface area (Å²) in [7, 11) is 5.57. The fourth-order valence-corrected chi connectivity index (χ4v) is 1.95. The standard InChI is InChI=1S/C10H16BrN3O/c1-14(2)10(13-12)7-4-5-9(15-3)8(11)6-7/h4-6,10,13H,12H2,1-3H3. The SMILES string of the molecule is COc1ccc(C(NN)N(C)C)cc1Br. The first kappa shape index (κ1) is 12.4. The predicted molar refractivity (Wildman–Crippen MR) is 64.4 cm³/mol. The highest BCUT2D eigenvalue weighted by Gasteiger charge is 2.13. The molecular weight excluding hydrogens is 258 g/mol. The van der Waals surface area contributed by atoms with Crippen molar-refractivity contribution in [1.82, 2.24) is 10.3 Å². The fraction of sp³-hybridized carbons (Fsp3) is 0.400. The molecule has 0 fully saturated rings. The molecule has 15 heavy (non-hydrogen) atoms. The van der Waals surface area contributed by atoms with E-state index in [2.05, 4.69) is 21.4 Å². The minimum atomic E-state index is -0.00722. The Morgan fingerprint density at radius 3 is 2.53 bits per heavy atom. The molecule has 0 saturated heterocycles. The minimum absolute atomic E-state index is 0.00722. The van der Waals surface area contributed by atoms with E-state index in [1.54, 1.807) is 7.11 Å². The maximum absolute atomic E-state index is 5.49. The lowest BCUT2D eigenvalue weighted by Gasteiger charge is -2.24. The Hall–Kier alpha value is -0.620. The fourth-order valence-electron chi connectivity index (χ4n) is 1.40. The first-order valence-corrected chi connectivity index (χ1v) is 5.35. The third kappa shape index (κ3) is 2.92. The summed E-state index contributed by atoms with van der Waals surface area (Å²) >= 11 is 3.44. The molecule has 0 saturated carbocycles. The van der Waals surface area contributed by atoms with Gasteiger partial charge in [0.2, 0.25) is 0 Å². The second-order valence-electron chi connectivity index (χ2n) is 3.43. The number of hydrogen-bond acceptors (Lipinski definition) is 4. The Kier molecular flexibility index (Phi) is 4.53. The summed E-state index contributed by atoms with van der Waals surface area (Å²) in [5, 5.41) is 0. The lowest BCUT2D eigenvalue weighted by atomic mass is 10.1. The van der Waals surface area contributed by atoms with Gasteiger partial charge in [-0.25, -0.2) is 5.43 Å². The van der Waals surface area contributed by atoms with Gasteiger partial charge >= 0.3 is 0 Å². The zero-order chi connectivity index (χ0) is 11.4. The van der Waals surface area contributed by atoms with E-state index in [-0.39, 0.29) is 6.17 Å². The second kappa shape index (κ2) is 5.46. The van der Waals surface area contributed by atoms with Crippen LogP contribution in [-0.2, 0) is 0 Å². The number of hydrogen-bond donors (Lipinski definition) is 2. The van der Waals surface area contributed by atoms with Gasteiger partial charge in [0.25, 0.3) is 0 Å². The van der Waals surface area contributed by atoms with Crippen molar-refractivity contribution in [3.8, 4) is 5.75 Å². The van der Waals surface area contributed by atoms with Crippen LogP contribution in [0.4, 0.5) is 0 Å². The highest BCUT2D eigenvalue weighted by atomic mass is 79.9. The average molecular weight is 274 g/mol. The van der Waals surface area contributed by atoms with Crippen LogP contribution in [0.1, 0.15) is 11.7 Å². The first-order chi connectivity index (χ1) is 7.10. The average Bonchev–Trinajstić information content (AvgIpc) is 2.18. The molecule has 0 radical (unpaired) electrons. The molecule has 3 N–H and O–H groups in total. The second-order valence-corrected chi connectivity index (χ2v) is 4.28. The van der Waals surface area contributed by atoms with Crippen molar-refractivity contribution in [2.45, 2.75) is 6.17 Å². The number of nitrogens with zero attached hydrogens (tertiary/aromatic N) is 1. The molecule has 0 aliphatic rings. The van der Waals surface area contributed by atoms with Gasteiger partial charge in [0, 0.05) is 0 Å². The molecule has 0 bridgehead atoms. The van der Waals surface area contributed by atoms with Gasteiger partial charge in [-0.3, -0.25) is 10.7 Å². The number of methoxy groups -OCH3 is 1. The number of halogens is 1. The van der Waals surface area contributed by atoms with Crippen LogP contribution in [0, 0.1) is 0 Å². The molecule has 0 aromatic heterocycles. The summed E-state index contributed by atoms with van der Waals surface area (Å²) < 4.78 is 6.08. The van der Waals surface area contributed by atoms with E-state index in [0.717, 1.165) is 15.8 Å². The van der Waals surface area contributed by atoms with E-state index in [4.69, 9.17) is 10.6 Å². The molecule has 5 heteroatoms. The molecule has 1 rings (SSSR count). The summed E-state index contributed by atoms with van der Waals surface area (Å²) in [5.41, 5.74) is 3.83. The van der Waals surface area contributed by atoms with E-state index < -0.39 is 0 Å². The number of rotatable bonds is 4. The highest BCUT2D eigenvalue weighted by molar-refractivity contribution is 9.10. The van der Waals surface area contributed by atoms with Crippen molar-refractivity contribution < 1.29 is 4.74 Å². The van der Waals surface area contributed by atoms with Crippen molar-refractivity contribution in [1.29, 1.82) is 0 Å². The van der Waals surface area contributed by atoms with Crippen LogP contribution in [0.3, 0.4) is 0 Å². The molecule has 1 aromatic rings. The molecule has 0 aliphatic heterocycles. The van der Waals surface area contributed by atoms with Gasteiger partial charge < -0.3 is 4.74 Å². The van der Waals surface area contributed by atoms with Crippen molar-refractivity contribution in [2.75, 3.05) is 21.2 Å². The lowest BCUT2D eigenvalue weighted by molar-refractivity contribution is 0.252. The third-order valence-electron chi connectivity index (χ3n) is 2.17. The van der Waals surface area contributed by atoms with E-state index in [0.29, 0.717) is 0 Å². The number of hydrazine groups is 1. The summed E-state index contributed by atoms with van der Waals surface area (Å²) in [6.45, 7) is 0. The topological polar surface area (TPSA) is 50.5 Å². The van der Waals surface area contributed by atoms with Gasteiger partial charge in [-0.15, -0.1) is 0 Å². The zero-order valence-electron chi connectivity index (χ0n) is 9.12. The van der Waals surface area contributed by atoms with Crippen LogP contribution < -0.4 is 16.0 Å². The molecule has 0 amide bonds. The number of nitrogens with two attached hydrogens (primary N) is 1. The summed E-state index contributed by atoms with van der Waals surface area (Å²) in [4.78, 5) is 1.99. The highest BCUT2D eigenvalue weighted by Crippen LogP contribution is 2.28. The van der Waals surface area contributed by atoms with Gasteiger partial charge in [-0.05, 0) is 47.7 Å². The van der Waals surface area contributed by atoms with Crippen molar-refractivity contribution in [3.63, 3.8) is 0 Å². The Morgan fingerprint density at radius 2 is 2.13 bits per heavy atom. The third-order valence-corrected chi connectivity index (χ3v) is 2.79. The Balaban J connectivity index is 3.00. The first-order valence-electron chi connectivity index (χ1n) is 4.56.